The average molecular weight is 263 g/mol. The molecule has 0 amide bonds. The molecule has 0 bridgehead atoms. The van der Waals surface area contributed by atoms with Gasteiger partial charge in [0, 0.05) is 19.1 Å². The van der Waals surface area contributed by atoms with Crippen molar-refractivity contribution in [1.29, 1.82) is 0 Å². The number of benzene rings is 1. The number of nitrogens with two attached hydrogens (primary N) is 1. The van der Waals surface area contributed by atoms with E-state index in [0.29, 0.717) is 18.3 Å². The fourth-order valence-corrected chi connectivity index (χ4v) is 2.55. The lowest BCUT2D eigenvalue weighted by molar-refractivity contribution is 0.117. The molecule has 2 N–H and O–H groups in total. The van der Waals surface area contributed by atoms with Crippen LogP contribution in [0.25, 0.3) is 0 Å². The second-order valence-electron chi connectivity index (χ2n) is 5.45. The topological polar surface area (TPSA) is 41.7 Å². The van der Waals surface area contributed by atoms with E-state index in [1.165, 1.54) is 19.4 Å². The molecule has 1 unspecified atom stereocenters. The van der Waals surface area contributed by atoms with Crippen molar-refractivity contribution >= 4 is 5.69 Å². The normalized spacial score (nSPS) is 20.7. The van der Waals surface area contributed by atoms with Crippen molar-refractivity contribution < 1.29 is 4.74 Å². The molecule has 1 aromatic carbocycles. The highest BCUT2D eigenvalue weighted by molar-refractivity contribution is 5.51. The van der Waals surface area contributed by atoms with Crippen molar-refractivity contribution in [2.75, 3.05) is 46.1 Å². The maximum absolute atomic E-state index is 5.86. The molecule has 106 valence electrons. The van der Waals surface area contributed by atoms with Crippen molar-refractivity contribution in [2.24, 2.45) is 0 Å². The van der Waals surface area contributed by atoms with E-state index in [0.717, 1.165) is 18.8 Å². The average Bonchev–Trinajstić information content (AvgIpc) is 2.41. The van der Waals surface area contributed by atoms with Crippen LogP contribution in [0.3, 0.4) is 0 Å². The van der Waals surface area contributed by atoms with Crippen LogP contribution in [0.15, 0.2) is 24.3 Å². The fourth-order valence-electron chi connectivity index (χ4n) is 2.55. The molecule has 1 aliphatic rings. The van der Waals surface area contributed by atoms with E-state index in [-0.39, 0.29) is 0 Å². The largest absolute Gasteiger partial charge is 0.490 e. The Morgan fingerprint density at radius 2 is 2.16 bits per heavy atom. The summed E-state index contributed by atoms with van der Waals surface area (Å²) >= 11 is 0. The first-order valence-electron chi connectivity index (χ1n) is 7.03. The molecular formula is C15H25N3O. The Morgan fingerprint density at radius 3 is 2.89 bits per heavy atom. The fraction of sp³-hybridized carbons (Fsp3) is 0.600. The summed E-state index contributed by atoms with van der Waals surface area (Å²) in [5.41, 5.74) is 6.57. The highest BCUT2D eigenvalue weighted by atomic mass is 16.5. The molecule has 1 saturated heterocycles. The van der Waals surface area contributed by atoms with Crippen molar-refractivity contribution in [3.05, 3.63) is 24.3 Å². The number of likely N-dealkylation sites (N-methyl/N-ethyl adjacent to an activating group) is 1. The van der Waals surface area contributed by atoms with Gasteiger partial charge in [-0.15, -0.1) is 0 Å². The van der Waals surface area contributed by atoms with E-state index in [2.05, 4.69) is 23.9 Å². The van der Waals surface area contributed by atoms with Gasteiger partial charge in [0.25, 0.3) is 0 Å². The number of hydrogen-bond donors (Lipinski definition) is 1. The lowest BCUT2D eigenvalue weighted by Crippen LogP contribution is -2.46. The second-order valence-corrected chi connectivity index (χ2v) is 5.45. The van der Waals surface area contributed by atoms with Crippen LogP contribution in [0.2, 0.25) is 0 Å². The van der Waals surface area contributed by atoms with Gasteiger partial charge in [-0.25, -0.2) is 0 Å². The van der Waals surface area contributed by atoms with Crippen LogP contribution in [0.1, 0.15) is 12.8 Å². The van der Waals surface area contributed by atoms with Gasteiger partial charge in [0.15, 0.2) is 0 Å². The van der Waals surface area contributed by atoms with Crippen LogP contribution in [0.5, 0.6) is 5.75 Å². The van der Waals surface area contributed by atoms with Crippen LogP contribution in [-0.2, 0) is 0 Å². The van der Waals surface area contributed by atoms with Crippen LogP contribution in [-0.4, -0.2) is 56.2 Å². The zero-order valence-electron chi connectivity index (χ0n) is 12.0. The van der Waals surface area contributed by atoms with Crippen LogP contribution in [0.4, 0.5) is 5.69 Å². The van der Waals surface area contributed by atoms with Crippen molar-refractivity contribution in [2.45, 2.75) is 18.9 Å². The number of piperidine rings is 1. The minimum Gasteiger partial charge on any atom is -0.490 e. The quantitative estimate of drug-likeness (QED) is 0.821. The van der Waals surface area contributed by atoms with Crippen LogP contribution in [0, 0.1) is 0 Å². The van der Waals surface area contributed by atoms with Gasteiger partial charge in [-0.3, -0.25) is 4.90 Å². The maximum Gasteiger partial charge on any atom is 0.142 e. The molecule has 2 rings (SSSR count). The third-order valence-corrected chi connectivity index (χ3v) is 3.80. The Labute approximate surface area is 116 Å². The number of rotatable bonds is 5. The number of anilines is 1. The highest BCUT2D eigenvalue weighted by Gasteiger charge is 2.20. The Hall–Kier alpha value is -1.26. The number of hydrogen-bond acceptors (Lipinski definition) is 4. The first kappa shape index (κ1) is 14.2. The molecule has 0 aliphatic carbocycles. The smallest absolute Gasteiger partial charge is 0.142 e. The van der Waals surface area contributed by atoms with E-state index in [1.807, 2.05) is 24.3 Å². The first-order chi connectivity index (χ1) is 9.16. The lowest BCUT2D eigenvalue weighted by Gasteiger charge is -2.36. The summed E-state index contributed by atoms with van der Waals surface area (Å²) in [6, 6.07) is 8.35. The van der Waals surface area contributed by atoms with Gasteiger partial charge in [-0.05, 0) is 45.6 Å². The molecule has 0 radical (unpaired) electrons. The summed E-state index contributed by atoms with van der Waals surface area (Å²) in [5.74, 6) is 0.795. The molecule has 4 heteroatoms. The second kappa shape index (κ2) is 6.78. The predicted octanol–water partition coefficient (Wildman–Crippen LogP) is 1.67. The Bertz CT molecular complexity index is 395. The molecule has 0 aromatic heterocycles. The minimum atomic E-state index is 0.676. The number of para-hydroxylation sites is 2. The molecular weight excluding hydrogens is 238 g/mol. The molecule has 1 aromatic rings. The number of ether oxygens (including phenoxy) is 1. The van der Waals surface area contributed by atoms with Gasteiger partial charge in [-0.2, -0.15) is 0 Å². The number of nitrogen functional groups attached to an aromatic ring is 1. The van der Waals surface area contributed by atoms with Crippen LogP contribution < -0.4 is 10.5 Å². The van der Waals surface area contributed by atoms with E-state index >= 15 is 0 Å². The Kier molecular flexibility index (Phi) is 5.05. The lowest BCUT2D eigenvalue weighted by atomic mass is 10.1. The summed E-state index contributed by atoms with van der Waals surface area (Å²) in [5, 5.41) is 0. The number of nitrogens with zero attached hydrogens (tertiary/aromatic N) is 2. The van der Waals surface area contributed by atoms with Gasteiger partial charge in [-0.1, -0.05) is 12.1 Å². The van der Waals surface area contributed by atoms with Gasteiger partial charge in [0.2, 0.25) is 0 Å². The summed E-state index contributed by atoms with van der Waals surface area (Å²) in [7, 11) is 4.32. The third-order valence-electron chi connectivity index (χ3n) is 3.80. The minimum absolute atomic E-state index is 0.676. The highest BCUT2D eigenvalue weighted by Crippen LogP contribution is 2.20. The first-order valence-corrected chi connectivity index (χ1v) is 7.03. The standard InChI is InChI=1S/C15H25N3O/c1-17(2)13-6-5-9-18(12-13)10-11-19-15-8-4-3-7-14(15)16/h3-4,7-8,13H,5-6,9-12,16H2,1-2H3. The molecule has 0 saturated carbocycles. The predicted molar refractivity (Wildman–Crippen MR) is 79.5 cm³/mol. The van der Waals surface area contributed by atoms with Gasteiger partial charge >= 0.3 is 0 Å². The summed E-state index contributed by atoms with van der Waals surface area (Å²) in [4.78, 5) is 4.80. The van der Waals surface area contributed by atoms with Gasteiger partial charge < -0.3 is 15.4 Å². The molecule has 1 aliphatic heterocycles. The molecule has 1 fully saturated rings. The third kappa shape index (κ3) is 4.11. The SMILES string of the molecule is CN(C)C1CCCN(CCOc2ccccc2N)C1. The van der Waals surface area contributed by atoms with Crippen molar-refractivity contribution in [3.63, 3.8) is 0 Å². The summed E-state index contributed by atoms with van der Waals surface area (Å²) < 4.78 is 5.75. The molecule has 0 spiro atoms. The van der Waals surface area contributed by atoms with Crippen molar-refractivity contribution in [1.82, 2.24) is 9.80 Å². The van der Waals surface area contributed by atoms with E-state index in [9.17, 15) is 0 Å². The van der Waals surface area contributed by atoms with Crippen molar-refractivity contribution in [3.8, 4) is 5.75 Å². The molecule has 1 heterocycles. The number of likely N-dealkylation sites (tertiary alicyclic amines) is 1. The molecule has 1 atom stereocenters. The summed E-state index contributed by atoms with van der Waals surface area (Å²) in [6.07, 6.45) is 2.58. The maximum atomic E-state index is 5.86. The zero-order valence-corrected chi connectivity index (χ0v) is 12.0. The van der Waals surface area contributed by atoms with E-state index in [4.69, 9.17) is 10.5 Å². The van der Waals surface area contributed by atoms with E-state index < -0.39 is 0 Å². The molecule has 4 nitrogen and oxygen atoms in total. The monoisotopic (exact) mass is 263 g/mol. The van der Waals surface area contributed by atoms with Gasteiger partial charge in [0.05, 0.1) is 5.69 Å². The summed E-state index contributed by atoms with van der Waals surface area (Å²) in [6.45, 7) is 3.99. The van der Waals surface area contributed by atoms with E-state index in [1.54, 1.807) is 0 Å². The molecule has 19 heavy (non-hydrogen) atoms. The Balaban J connectivity index is 1.75. The van der Waals surface area contributed by atoms with Gasteiger partial charge in [0.1, 0.15) is 12.4 Å². The van der Waals surface area contributed by atoms with Crippen LogP contribution >= 0.6 is 0 Å². The Morgan fingerprint density at radius 1 is 1.37 bits per heavy atom. The zero-order chi connectivity index (χ0) is 13.7.